The number of nitrogens with zero attached hydrogens (tertiary/aromatic N) is 2. The van der Waals surface area contributed by atoms with Crippen LogP contribution < -0.4 is 5.32 Å². The van der Waals surface area contributed by atoms with E-state index in [4.69, 9.17) is 0 Å². The SMILES string of the molecule is CC(NC(=O)CSc1nc2ccccc2n1C(F)F)c1ccc(Br)cc1. The number of aromatic nitrogens is 2. The summed E-state index contributed by atoms with van der Waals surface area (Å²) in [4.78, 5) is 16.4. The molecular weight excluding hydrogens is 424 g/mol. The van der Waals surface area contributed by atoms with Gasteiger partial charge in [-0.2, -0.15) is 8.78 Å². The first-order chi connectivity index (χ1) is 12.5. The Labute approximate surface area is 162 Å². The Kier molecular flexibility index (Phi) is 5.93. The van der Waals surface area contributed by atoms with Gasteiger partial charge in [0.15, 0.2) is 5.16 Å². The van der Waals surface area contributed by atoms with Gasteiger partial charge in [-0.3, -0.25) is 9.36 Å². The summed E-state index contributed by atoms with van der Waals surface area (Å²) in [6.45, 7) is -0.838. The Morgan fingerprint density at radius 3 is 2.62 bits per heavy atom. The number of nitrogens with one attached hydrogen (secondary N) is 1. The smallest absolute Gasteiger partial charge is 0.321 e. The van der Waals surface area contributed by atoms with Gasteiger partial charge < -0.3 is 5.32 Å². The Morgan fingerprint density at radius 1 is 1.23 bits per heavy atom. The summed E-state index contributed by atoms with van der Waals surface area (Å²) in [7, 11) is 0. The van der Waals surface area contributed by atoms with Crippen molar-refractivity contribution in [1.82, 2.24) is 14.9 Å². The number of halogens is 3. The first kappa shape index (κ1) is 18.8. The number of hydrogen-bond donors (Lipinski definition) is 1. The second-order valence-electron chi connectivity index (χ2n) is 5.66. The molecule has 3 rings (SSSR count). The second kappa shape index (κ2) is 8.18. The highest BCUT2D eigenvalue weighted by Gasteiger charge is 2.19. The van der Waals surface area contributed by atoms with Crippen molar-refractivity contribution < 1.29 is 13.6 Å². The molecule has 3 aromatic rings. The van der Waals surface area contributed by atoms with Crippen molar-refractivity contribution in [1.29, 1.82) is 0 Å². The molecule has 0 saturated heterocycles. The monoisotopic (exact) mass is 439 g/mol. The van der Waals surface area contributed by atoms with Crippen molar-refractivity contribution in [3.05, 3.63) is 58.6 Å². The van der Waals surface area contributed by atoms with Crippen LogP contribution in [0.1, 0.15) is 25.1 Å². The average Bonchev–Trinajstić information content (AvgIpc) is 2.99. The number of hydrogen-bond acceptors (Lipinski definition) is 3. The number of carbonyl (C=O) groups excluding carboxylic acids is 1. The zero-order chi connectivity index (χ0) is 18.7. The zero-order valence-corrected chi connectivity index (χ0v) is 16.2. The molecule has 0 spiro atoms. The van der Waals surface area contributed by atoms with Crippen LogP contribution in [-0.2, 0) is 4.79 Å². The zero-order valence-electron chi connectivity index (χ0n) is 13.8. The van der Waals surface area contributed by atoms with E-state index < -0.39 is 6.55 Å². The third-order valence-electron chi connectivity index (χ3n) is 3.84. The lowest BCUT2D eigenvalue weighted by molar-refractivity contribution is -0.119. The van der Waals surface area contributed by atoms with E-state index in [0.29, 0.717) is 11.0 Å². The molecule has 0 bridgehead atoms. The third kappa shape index (κ3) is 4.24. The number of alkyl halides is 2. The second-order valence-corrected chi connectivity index (χ2v) is 7.52. The number of benzene rings is 2. The maximum atomic E-state index is 13.4. The van der Waals surface area contributed by atoms with Crippen molar-refractivity contribution >= 4 is 44.6 Å². The maximum absolute atomic E-state index is 13.4. The van der Waals surface area contributed by atoms with Crippen LogP contribution in [-0.4, -0.2) is 21.2 Å². The highest BCUT2D eigenvalue weighted by molar-refractivity contribution is 9.10. The van der Waals surface area contributed by atoms with Crippen molar-refractivity contribution in [2.24, 2.45) is 0 Å². The van der Waals surface area contributed by atoms with Gasteiger partial charge in [-0.05, 0) is 36.8 Å². The number of thioether (sulfide) groups is 1. The molecule has 1 unspecified atom stereocenters. The summed E-state index contributed by atoms with van der Waals surface area (Å²) >= 11 is 4.37. The van der Waals surface area contributed by atoms with E-state index in [1.165, 1.54) is 0 Å². The molecule has 1 aromatic heterocycles. The normalized spacial score (nSPS) is 12.5. The molecule has 4 nitrogen and oxygen atoms in total. The van der Waals surface area contributed by atoms with Gasteiger partial charge in [-0.15, -0.1) is 0 Å². The molecule has 0 radical (unpaired) electrons. The molecule has 26 heavy (non-hydrogen) atoms. The summed E-state index contributed by atoms with van der Waals surface area (Å²) in [6.07, 6.45) is 0. The fourth-order valence-electron chi connectivity index (χ4n) is 2.56. The maximum Gasteiger partial charge on any atom is 0.321 e. The lowest BCUT2D eigenvalue weighted by atomic mass is 10.1. The molecule has 2 aromatic carbocycles. The van der Waals surface area contributed by atoms with Gasteiger partial charge in [0.1, 0.15) is 0 Å². The van der Waals surface area contributed by atoms with E-state index in [1.807, 2.05) is 31.2 Å². The fraction of sp³-hybridized carbons (Fsp3) is 0.222. The van der Waals surface area contributed by atoms with Crippen LogP contribution in [0.25, 0.3) is 11.0 Å². The van der Waals surface area contributed by atoms with Crippen molar-refractivity contribution in [2.45, 2.75) is 24.7 Å². The van der Waals surface area contributed by atoms with Gasteiger partial charge in [-0.25, -0.2) is 4.98 Å². The summed E-state index contributed by atoms with van der Waals surface area (Å²) < 4.78 is 28.6. The van der Waals surface area contributed by atoms with Crippen LogP contribution in [0.5, 0.6) is 0 Å². The molecule has 1 amide bonds. The molecule has 1 atom stereocenters. The van der Waals surface area contributed by atoms with Gasteiger partial charge in [0.2, 0.25) is 5.91 Å². The molecule has 0 aliphatic rings. The fourth-order valence-corrected chi connectivity index (χ4v) is 3.65. The van der Waals surface area contributed by atoms with Crippen LogP contribution in [0.3, 0.4) is 0 Å². The molecule has 0 fully saturated rings. The van der Waals surface area contributed by atoms with Crippen LogP contribution in [0, 0.1) is 0 Å². The number of fused-ring (bicyclic) bond motifs is 1. The van der Waals surface area contributed by atoms with Crippen LogP contribution >= 0.6 is 27.7 Å². The van der Waals surface area contributed by atoms with Gasteiger partial charge in [-0.1, -0.05) is 52.0 Å². The standard InChI is InChI=1S/C18H16BrF2N3OS/c1-11(12-6-8-13(19)9-7-12)22-16(25)10-26-18-23-14-4-2-3-5-15(14)24(18)17(20)21/h2-9,11,17H,10H2,1H3,(H,22,25). The minimum absolute atomic E-state index is 0.0108. The molecule has 1 N–H and O–H groups in total. The molecule has 136 valence electrons. The number of para-hydroxylation sites is 2. The first-order valence-electron chi connectivity index (χ1n) is 7.88. The van der Waals surface area contributed by atoms with Crippen molar-refractivity contribution in [3.8, 4) is 0 Å². The van der Waals surface area contributed by atoms with E-state index in [0.717, 1.165) is 26.4 Å². The van der Waals surface area contributed by atoms with E-state index in [2.05, 4.69) is 26.2 Å². The predicted octanol–water partition coefficient (Wildman–Crippen LogP) is 5.16. The number of amides is 1. The minimum atomic E-state index is -2.71. The van der Waals surface area contributed by atoms with Crippen LogP contribution in [0.15, 0.2) is 58.2 Å². The summed E-state index contributed by atoms with van der Waals surface area (Å²) in [5.41, 5.74) is 1.80. The van der Waals surface area contributed by atoms with E-state index in [9.17, 15) is 13.6 Å². The highest BCUT2D eigenvalue weighted by Crippen LogP contribution is 2.29. The summed E-state index contributed by atoms with van der Waals surface area (Å²) in [5.74, 6) is -0.227. The van der Waals surface area contributed by atoms with Crippen LogP contribution in [0.4, 0.5) is 8.78 Å². The first-order valence-corrected chi connectivity index (χ1v) is 9.66. The highest BCUT2D eigenvalue weighted by atomic mass is 79.9. The lowest BCUT2D eigenvalue weighted by Gasteiger charge is -2.14. The summed E-state index contributed by atoms with van der Waals surface area (Å²) in [5, 5.41) is 3.00. The van der Waals surface area contributed by atoms with Gasteiger partial charge in [0.05, 0.1) is 22.8 Å². The lowest BCUT2D eigenvalue weighted by Crippen LogP contribution is -2.28. The molecule has 0 aliphatic carbocycles. The summed E-state index contributed by atoms with van der Waals surface area (Å²) in [6, 6.07) is 14.1. The molecule has 8 heteroatoms. The van der Waals surface area contributed by atoms with E-state index in [1.54, 1.807) is 24.3 Å². The number of rotatable bonds is 6. The Balaban J connectivity index is 1.67. The number of imidazole rings is 1. The largest absolute Gasteiger partial charge is 0.349 e. The molecule has 0 saturated carbocycles. The van der Waals surface area contributed by atoms with Gasteiger partial charge >= 0.3 is 6.55 Å². The quantitative estimate of drug-likeness (QED) is 0.539. The minimum Gasteiger partial charge on any atom is -0.349 e. The van der Waals surface area contributed by atoms with Crippen molar-refractivity contribution in [2.75, 3.05) is 5.75 Å². The molecular formula is C18H16BrF2N3OS. The Hall–Kier alpha value is -1.93. The van der Waals surface area contributed by atoms with Crippen LogP contribution in [0.2, 0.25) is 0 Å². The topological polar surface area (TPSA) is 46.9 Å². The number of carbonyl (C=O) groups is 1. The van der Waals surface area contributed by atoms with Gasteiger partial charge in [0, 0.05) is 4.47 Å². The molecule has 0 aliphatic heterocycles. The van der Waals surface area contributed by atoms with Crippen molar-refractivity contribution in [3.63, 3.8) is 0 Å². The third-order valence-corrected chi connectivity index (χ3v) is 5.32. The average molecular weight is 440 g/mol. The predicted molar refractivity (Wildman–Crippen MR) is 102 cm³/mol. The Bertz CT molecular complexity index is 914. The Morgan fingerprint density at radius 2 is 1.92 bits per heavy atom. The van der Waals surface area contributed by atoms with E-state index >= 15 is 0 Å². The van der Waals surface area contributed by atoms with Gasteiger partial charge in [0.25, 0.3) is 0 Å². The molecule has 1 heterocycles. The van der Waals surface area contributed by atoms with E-state index in [-0.39, 0.29) is 22.9 Å².